The monoisotopic (exact) mass is 347 g/mol. The van der Waals surface area contributed by atoms with Crippen LogP contribution in [-0.4, -0.2) is 19.8 Å². The van der Waals surface area contributed by atoms with E-state index < -0.39 is 15.8 Å². The van der Waals surface area contributed by atoms with Gasteiger partial charge in [0.2, 0.25) is 10.0 Å². The Balaban J connectivity index is 2.42. The molecule has 1 unspecified atom stereocenters. The first-order valence-corrected chi connectivity index (χ1v) is 9.09. The highest BCUT2D eigenvalue weighted by atomic mass is 35.5. The summed E-state index contributed by atoms with van der Waals surface area (Å²) in [6.07, 6.45) is 0. The highest BCUT2D eigenvalue weighted by molar-refractivity contribution is 7.89. The van der Waals surface area contributed by atoms with E-state index in [0.717, 1.165) is 10.9 Å². The minimum Gasteiger partial charge on any atom is -0.207 e. The molecule has 0 amide bonds. The summed E-state index contributed by atoms with van der Waals surface area (Å²) in [4.78, 5) is 0.557. The van der Waals surface area contributed by atoms with Gasteiger partial charge in [0.25, 0.3) is 0 Å². The first-order chi connectivity index (χ1) is 9.87. The average molecular weight is 348 g/mol. The Hall–Kier alpha value is -0.950. The van der Waals surface area contributed by atoms with Gasteiger partial charge in [-0.3, -0.25) is 0 Å². The van der Waals surface area contributed by atoms with E-state index in [1.165, 1.54) is 34.8 Å². The number of alkyl halides is 1. The minimum atomic E-state index is -3.92. The maximum atomic E-state index is 13.9. The van der Waals surface area contributed by atoms with Crippen molar-refractivity contribution in [2.45, 2.75) is 23.7 Å². The molecule has 21 heavy (non-hydrogen) atoms. The predicted octanol–water partition coefficient (Wildman–Crippen LogP) is 4.01. The number of thiophene rings is 1. The van der Waals surface area contributed by atoms with Crippen molar-refractivity contribution in [3.8, 4) is 0 Å². The number of rotatable bonds is 5. The van der Waals surface area contributed by atoms with Gasteiger partial charge in [-0.25, -0.2) is 12.8 Å². The smallest absolute Gasteiger partial charge is 0.207 e. The number of hydrogen-bond acceptors (Lipinski definition) is 3. The fourth-order valence-corrected chi connectivity index (χ4v) is 4.41. The van der Waals surface area contributed by atoms with E-state index in [1.54, 1.807) is 6.92 Å². The Kier molecular flexibility index (Phi) is 5.03. The molecule has 7 heteroatoms. The third-order valence-corrected chi connectivity index (χ3v) is 6.60. The lowest BCUT2D eigenvalue weighted by Gasteiger charge is -2.24. The molecule has 1 aromatic carbocycles. The zero-order chi connectivity index (χ0) is 15.6. The van der Waals surface area contributed by atoms with E-state index in [4.69, 9.17) is 11.6 Å². The van der Waals surface area contributed by atoms with Gasteiger partial charge < -0.3 is 0 Å². The van der Waals surface area contributed by atoms with E-state index in [-0.39, 0.29) is 16.8 Å². The standard InChI is InChI=1S/C14H15ClFNO2S2/c1-10(13-4-3-7-20-13)17(2)21(18,19)14-8-11(9-15)5-6-12(14)16/h3-8,10H,9H2,1-2H3. The number of nitrogens with zero attached hydrogens (tertiary/aromatic N) is 1. The molecule has 0 spiro atoms. The normalized spacial score (nSPS) is 13.6. The fourth-order valence-electron chi connectivity index (χ4n) is 1.90. The zero-order valence-electron chi connectivity index (χ0n) is 11.6. The van der Waals surface area contributed by atoms with Crippen LogP contribution < -0.4 is 0 Å². The Bertz CT molecular complexity index is 717. The van der Waals surface area contributed by atoms with Crippen molar-refractivity contribution in [1.82, 2.24) is 4.31 Å². The fraction of sp³-hybridized carbons (Fsp3) is 0.286. The highest BCUT2D eigenvalue weighted by Crippen LogP contribution is 2.30. The second-order valence-corrected chi connectivity index (χ2v) is 7.82. The summed E-state index contributed by atoms with van der Waals surface area (Å²) in [5, 5.41) is 1.88. The molecule has 2 rings (SSSR count). The van der Waals surface area contributed by atoms with Crippen molar-refractivity contribution in [2.24, 2.45) is 0 Å². The SMILES string of the molecule is CC(c1cccs1)N(C)S(=O)(=O)c1cc(CCl)ccc1F. The van der Waals surface area contributed by atoms with Crippen LogP contribution >= 0.6 is 22.9 Å². The summed E-state index contributed by atoms with van der Waals surface area (Å²) in [5.74, 6) is -0.637. The van der Waals surface area contributed by atoms with Crippen LogP contribution in [0.2, 0.25) is 0 Å². The molecule has 0 aliphatic rings. The molecule has 3 nitrogen and oxygen atoms in total. The lowest BCUT2D eigenvalue weighted by molar-refractivity contribution is 0.399. The van der Waals surface area contributed by atoms with Crippen LogP contribution in [0, 0.1) is 5.82 Å². The Morgan fingerprint density at radius 3 is 2.67 bits per heavy atom. The van der Waals surface area contributed by atoms with Crippen LogP contribution in [0.25, 0.3) is 0 Å². The van der Waals surface area contributed by atoms with Gasteiger partial charge in [0.1, 0.15) is 10.7 Å². The van der Waals surface area contributed by atoms with Gasteiger partial charge in [-0.05, 0) is 36.1 Å². The lowest BCUT2D eigenvalue weighted by atomic mass is 10.2. The van der Waals surface area contributed by atoms with Crippen LogP contribution in [0.3, 0.4) is 0 Å². The average Bonchev–Trinajstić information content (AvgIpc) is 3.00. The lowest BCUT2D eigenvalue weighted by Crippen LogP contribution is -2.30. The van der Waals surface area contributed by atoms with Crippen LogP contribution in [0.1, 0.15) is 23.4 Å². The van der Waals surface area contributed by atoms with Gasteiger partial charge in [0.05, 0.1) is 6.04 Å². The second-order valence-electron chi connectivity index (χ2n) is 4.61. The predicted molar refractivity (Wildman–Crippen MR) is 83.6 cm³/mol. The van der Waals surface area contributed by atoms with E-state index in [1.807, 2.05) is 17.5 Å². The van der Waals surface area contributed by atoms with Gasteiger partial charge in [-0.2, -0.15) is 4.31 Å². The third-order valence-electron chi connectivity index (χ3n) is 3.31. The van der Waals surface area contributed by atoms with Gasteiger partial charge in [0, 0.05) is 17.8 Å². The molecule has 1 atom stereocenters. The zero-order valence-corrected chi connectivity index (χ0v) is 14.0. The Morgan fingerprint density at radius 1 is 1.38 bits per heavy atom. The topological polar surface area (TPSA) is 37.4 Å². The first-order valence-electron chi connectivity index (χ1n) is 6.23. The quantitative estimate of drug-likeness (QED) is 0.766. The van der Waals surface area contributed by atoms with Crippen LogP contribution in [-0.2, 0) is 15.9 Å². The van der Waals surface area contributed by atoms with Crippen molar-refractivity contribution in [3.63, 3.8) is 0 Å². The van der Waals surface area contributed by atoms with Gasteiger partial charge in [-0.15, -0.1) is 22.9 Å². The van der Waals surface area contributed by atoms with Crippen LogP contribution in [0.15, 0.2) is 40.6 Å². The first kappa shape index (κ1) is 16.4. The number of halogens is 2. The minimum absolute atomic E-state index is 0.132. The van der Waals surface area contributed by atoms with Crippen molar-refractivity contribution < 1.29 is 12.8 Å². The second kappa shape index (κ2) is 6.44. The molecular weight excluding hydrogens is 333 g/mol. The van der Waals surface area contributed by atoms with E-state index in [2.05, 4.69) is 0 Å². The van der Waals surface area contributed by atoms with Gasteiger partial charge in [0.15, 0.2) is 0 Å². The number of hydrogen-bond donors (Lipinski definition) is 0. The van der Waals surface area contributed by atoms with E-state index >= 15 is 0 Å². The molecule has 114 valence electrons. The Labute approximate surface area is 133 Å². The largest absolute Gasteiger partial charge is 0.246 e. The maximum absolute atomic E-state index is 13.9. The number of sulfonamides is 1. The molecule has 0 saturated heterocycles. The van der Waals surface area contributed by atoms with Crippen molar-refractivity contribution >= 4 is 33.0 Å². The molecule has 0 aliphatic heterocycles. The highest BCUT2D eigenvalue weighted by Gasteiger charge is 2.29. The molecule has 0 N–H and O–H groups in total. The Morgan fingerprint density at radius 2 is 2.10 bits per heavy atom. The van der Waals surface area contributed by atoms with E-state index in [0.29, 0.717) is 5.56 Å². The van der Waals surface area contributed by atoms with Crippen molar-refractivity contribution in [3.05, 3.63) is 52.0 Å². The molecule has 0 radical (unpaired) electrons. The molecule has 0 fully saturated rings. The summed E-state index contributed by atoms with van der Waals surface area (Å²) in [6, 6.07) is 7.24. The van der Waals surface area contributed by atoms with E-state index in [9.17, 15) is 12.8 Å². The third kappa shape index (κ3) is 3.29. The molecule has 2 aromatic rings. The van der Waals surface area contributed by atoms with Gasteiger partial charge in [-0.1, -0.05) is 12.1 Å². The van der Waals surface area contributed by atoms with Crippen LogP contribution in [0.5, 0.6) is 0 Å². The summed E-state index contributed by atoms with van der Waals surface area (Å²) in [7, 11) is -2.47. The van der Waals surface area contributed by atoms with Gasteiger partial charge >= 0.3 is 0 Å². The molecule has 1 heterocycles. The molecule has 0 aliphatic carbocycles. The summed E-state index contributed by atoms with van der Waals surface area (Å²) in [6.45, 7) is 1.77. The molecular formula is C14H15ClFNO2S2. The van der Waals surface area contributed by atoms with Crippen molar-refractivity contribution in [2.75, 3.05) is 7.05 Å². The molecule has 0 bridgehead atoms. The number of benzene rings is 1. The summed E-state index contributed by atoms with van der Waals surface area (Å²) in [5.41, 5.74) is 0.564. The maximum Gasteiger partial charge on any atom is 0.246 e. The van der Waals surface area contributed by atoms with Crippen LogP contribution in [0.4, 0.5) is 4.39 Å². The molecule has 0 saturated carbocycles. The van der Waals surface area contributed by atoms with Crippen molar-refractivity contribution in [1.29, 1.82) is 0 Å². The summed E-state index contributed by atoms with van der Waals surface area (Å²) < 4.78 is 40.3. The summed E-state index contributed by atoms with van der Waals surface area (Å²) >= 11 is 7.16. The molecule has 1 aromatic heterocycles.